The van der Waals surface area contributed by atoms with Crippen molar-refractivity contribution in [1.82, 2.24) is 4.90 Å². The summed E-state index contributed by atoms with van der Waals surface area (Å²) in [7, 11) is 0. The zero-order valence-electron chi connectivity index (χ0n) is 13.3. The minimum atomic E-state index is 0.577. The van der Waals surface area contributed by atoms with E-state index in [1.165, 1.54) is 32.1 Å². The van der Waals surface area contributed by atoms with Gasteiger partial charge >= 0.3 is 0 Å². The summed E-state index contributed by atoms with van der Waals surface area (Å²) in [6, 6.07) is 0.577. The first kappa shape index (κ1) is 12.9. The van der Waals surface area contributed by atoms with Crippen molar-refractivity contribution in [2.45, 2.75) is 45.1 Å². The molecule has 2 heteroatoms. The Balaban J connectivity index is 1.72. The van der Waals surface area contributed by atoms with Gasteiger partial charge < -0.3 is 4.90 Å². The number of aliphatic imine (C=N–C) groups is 1. The molecule has 0 bridgehead atoms. The molecule has 114 valence electrons. The second kappa shape index (κ2) is 4.71. The molecule has 2 nitrogen and oxygen atoms in total. The molecule has 1 saturated heterocycles. The smallest absolute Gasteiger partial charge is 0.0585 e. The maximum atomic E-state index is 4.59. The summed E-state index contributed by atoms with van der Waals surface area (Å²) in [5.41, 5.74) is 6.54. The molecule has 3 heterocycles. The van der Waals surface area contributed by atoms with E-state index in [-0.39, 0.29) is 0 Å². The molecular weight excluding hydrogens is 268 g/mol. The average Bonchev–Trinajstić information content (AvgIpc) is 2.77. The molecule has 0 saturated carbocycles. The van der Waals surface area contributed by atoms with Crippen molar-refractivity contribution in [2.24, 2.45) is 22.7 Å². The van der Waals surface area contributed by atoms with Crippen LogP contribution in [0.2, 0.25) is 0 Å². The second-order valence-electron chi connectivity index (χ2n) is 7.48. The Kier molecular flexibility index (Phi) is 2.77. The first-order valence-corrected chi connectivity index (χ1v) is 8.93. The monoisotopic (exact) mass is 292 g/mol. The molecule has 1 fully saturated rings. The van der Waals surface area contributed by atoms with Crippen LogP contribution in [0.1, 0.15) is 39.0 Å². The van der Waals surface area contributed by atoms with Crippen molar-refractivity contribution in [2.75, 3.05) is 6.54 Å². The number of nitrogens with zero attached hydrogens (tertiary/aromatic N) is 2. The third kappa shape index (κ3) is 1.64. The largest absolute Gasteiger partial charge is 0.341 e. The highest BCUT2D eigenvalue weighted by atomic mass is 15.2. The lowest BCUT2D eigenvalue weighted by Crippen LogP contribution is -2.34. The zero-order chi connectivity index (χ0) is 14.7. The molecule has 5 rings (SSSR count). The molecule has 0 radical (unpaired) electrons. The van der Waals surface area contributed by atoms with Crippen LogP contribution < -0.4 is 0 Å². The molecule has 5 aliphatic rings. The van der Waals surface area contributed by atoms with Gasteiger partial charge in [-0.15, -0.1) is 0 Å². The second-order valence-corrected chi connectivity index (χ2v) is 7.48. The molecule has 0 N–H and O–H groups in total. The Morgan fingerprint density at radius 1 is 1.18 bits per heavy atom. The fourth-order valence-electron chi connectivity index (χ4n) is 5.32. The minimum absolute atomic E-state index is 0.577. The van der Waals surface area contributed by atoms with Crippen LogP contribution in [0.3, 0.4) is 0 Å². The van der Waals surface area contributed by atoms with Crippen molar-refractivity contribution < 1.29 is 0 Å². The number of allylic oxidation sites excluding steroid dienone is 5. The zero-order valence-corrected chi connectivity index (χ0v) is 13.3. The molecule has 22 heavy (non-hydrogen) atoms. The first-order chi connectivity index (χ1) is 10.8. The van der Waals surface area contributed by atoms with Crippen LogP contribution >= 0.6 is 0 Å². The first-order valence-electron chi connectivity index (χ1n) is 8.93. The van der Waals surface area contributed by atoms with Gasteiger partial charge in [0.1, 0.15) is 0 Å². The number of dihydropyridines is 1. The van der Waals surface area contributed by atoms with Gasteiger partial charge in [0.15, 0.2) is 0 Å². The van der Waals surface area contributed by atoms with Crippen molar-refractivity contribution in [1.29, 1.82) is 0 Å². The van der Waals surface area contributed by atoms with Crippen molar-refractivity contribution >= 4 is 6.21 Å². The van der Waals surface area contributed by atoms with Crippen molar-refractivity contribution in [3.05, 3.63) is 46.8 Å². The van der Waals surface area contributed by atoms with Crippen LogP contribution in [-0.4, -0.2) is 23.7 Å². The fourth-order valence-corrected chi connectivity index (χ4v) is 5.32. The molecule has 0 spiro atoms. The maximum absolute atomic E-state index is 4.59. The highest BCUT2D eigenvalue weighted by Gasteiger charge is 2.48. The van der Waals surface area contributed by atoms with Gasteiger partial charge in [0.05, 0.1) is 6.04 Å². The lowest BCUT2D eigenvalue weighted by molar-refractivity contribution is 0.323. The van der Waals surface area contributed by atoms with Gasteiger partial charge in [-0.1, -0.05) is 25.2 Å². The number of hydrogen-bond acceptors (Lipinski definition) is 2. The summed E-state index contributed by atoms with van der Waals surface area (Å²) in [6.07, 6.45) is 18.0. The maximum Gasteiger partial charge on any atom is 0.0585 e. The van der Waals surface area contributed by atoms with E-state index in [2.05, 4.69) is 41.1 Å². The van der Waals surface area contributed by atoms with Crippen LogP contribution in [0.25, 0.3) is 0 Å². The van der Waals surface area contributed by atoms with Gasteiger partial charge in [0.25, 0.3) is 0 Å². The predicted molar refractivity (Wildman–Crippen MR) is 90.5 cm³/mol. The summed E-state index contributed by atoms with van der Waals surface area (Å²) in [5, 5.41) is 0. The highest BCUT2D eigenvalue weighted by molar-refractivity contribution is 5.74. The average molecular weight is 292 g/mol. The standard InChI is InChI=1S/C20H24N2/c1-13-6-8-16-17-12-21-11-10-19(17)22-18-5-3-2-4-14(18)7-9-15(13)20(16)22/h2,4,7,10-11,13,16-18H,3,5-6,8-9,12H2,1H3. The van der Waals surface area contributed by atoms with Gasteiger partial charge in [0.2, 0.25) is 0 Å². The highest BCUT2D eigenvalue weighted by Crippen LogP contribution is 2.54. The van der Waals surface area contributed by atoms with Crippen LogP contribution in [-0.2, 0) is 0 Å². The minimum Gasteiger partial charge on any atom is -0.341 e. The number of rotatable bonds is 0. The Labute approximate surface area is 133 Å². The van der Waals surface area contributed by atoms with E-state index in [4.69, 9.17) is 0 Å². The predicted octanol–water partition coefficient (Wildman–Crippen LogP) is 4.24. The van der Waals surface area contributed by atoms with Crippen LogP contribution in [0.4, 0.5) is 0 Å². The lowest BCUT2D eigenvalue weighted by Gasteiger charge is -2.37. The summed E-state index contributed by atoms with van der Waals surface area (Å²) >= 11 is 0. The van der Waals surface area contributed by atoms with Crippen molar-refractivity contribution in [3.8, 4) is 0 Å². The molecule has 0 aromatic carbocycles. The van der Waals surface area contributed by atoms with Crippen LogP contribution in [0, 0.1) is 17.8 Å². The van der Waals surface area contributed by atoms with E-state index < -0.39 is 0 Å². The van der Waals surface area contributed by atoms with E-state index in [1.54, 1.807) is 22.5 Å². The Morgan fingerprint density at radius 3 is 3.09 bits per heavy atom. The Hall–Kier alpha value is -1.57. The summed E-state index contributed by atoms with van der Waals surface area (Å²) in [5.74, 6) is 2.12. The topological polar surface area (TPSA) is 15.6 Å². The van der Waals surface area contributed by atoms with Gasteiger partial charge in [-0.2, -0.15) is 0 Å². The third-order valence-electron chi connectivity index (χ3n) is 6.41. The molecule has 0 aromatic rings. The Morgan fingerprint density at radius 2 is 2.14 bits per heavy atom. The van der Waals surface area contributed by atoms with Crippen molar-refractivity contribution in [3.63, 3.8) is 0 Å². The van der Waals surface area contributed by atoms with Gasteiger partial charge in [-0.3, -0.25) is 4.99 Å². The van der Waals surface area contributed by atoms with Crippen LogP contribution in [0.5, 0.6) is 0 Å². The van der Waals surface area contributed by atoms with E-state index in [9.17, 15) is 0 Å². The molecule has 0 aromatic heterocycles. The summed E-state index contributed by atoms with van der Waals surface area (Å²) < 4.78 is 0. The quantitative estimate of drug-likeness (QED) is 0.652. The molecular formula is C20H24N2. The van der Waals surface area contributed by atoms with E-state index in [1.807, 2.05) is 6.21 Å². The molecule has 2 aliphatic carbocycles. The summed E-state index contributed by atoms with van der Waals surface area (Å²) in [6.45, 7) is 3.44. The van der Waals surface area contributed by atoms with Gasteiger partial charge in [-0.05, 0) is 55.2 Å². The number of hydrogen-bond donors (Lipinski definition) is 0. The molecule has 0 amide bonds. The molecule has 4 unspecified atom stereocenters. The third-order valence-corrected chi connectivity index (χ3v) is 6.41. The van der Waals surface area contributed by atoms with E-state index in [0.717, 1.165) is 18.4 Å². The number of fused-ring (bicyclic) bond motifs is 5. The normalized spacial score (nSPS) is 38.9. The fraction of sp³-hybridized carbons (Fsp3) is 0.550. The van der Waals surface area contributed by atoms with Crippen LogP contribution in [0.15, 0.2) is 51.8 Å². The van der Waals surface area contributed by atoms with E-state index >= 15 is 0 Å². The lowest BCUT2D eigenvalue weighted by atomic mass is 9.76. The Bertz CT molecular complexity index is 661. The van der Waals surface area contributed by atoms with Gasteiger partial charge in [-0.25, -0.2) is 0 Å². The molecule has 4 atom stereocenters. The van der Waals surface area contributed by atoms with Gasteiger partial charge in [0, 0.05) is 36.0 Å². The summed E-state index contributed by atoms with van der Waals surface area (Å²) in [4.78, 5) is 7.35. The molecule has 3 aliphatic heterocycles. The van der Waals surface area contributed by atoms with E-state index in [0.29, 0.717) is 12.0 Å². The SMILES string of the molecule is CC1CCC2C3=C1CC=C1C=CCCC1N3C1=CC=NCC12.